The summed E-state index contributed by atoms with van der Waals surface area (Å²) in [4.78, 5) is 32.0. The molecule has 8 heteroatoms. The number of nitrogens with zero attached hydrogens (tertiary/aromatic N) is 4. The van der Waals surface area contributed by atoms with Crippen LogP contribution >= 0.6 is 0 Å². The number of aliphatic carboxylic acids is 1. The van der Waals surface area contributed by atoms with Crippen LogP contribution in [0.2, 0.25) is 0 Å². The molecule has 0 fully saturated rings. The number of hydrogen-bond donors (Lipinski definition) is 1. The lowest BCUT2D eigenvalue weighted by molar-refractivity contribution is -0.141. The zero-order chi connectivity index (χ0) is 18.8. The van der Waals surface area contributed by atoms with Gasteiger partial charge in [0.05, 0.1) is 29.8 Å². The normalized spacial score (nSPS) is 16.5. The molecule has 0 radical (unpaired) electrons. The Kier molecular flexibility index (Phi) is 4.37. The zero-order valence-corrected chi connectivity index (χ0v) is 14.3. The van der Waals surface area contributed by atoms with Crippen molar-refractivity contribution in [2.45, 2.75) is 25.3 Å². The molecule has 8 nitrogen and oxygen atoms in total. The van der Waals surface area contributed by atoms with Crippen LogP contribution in [0.1, 0.15) is 36.6 Å². The van der Waals surface area contributed by atoms with Crippen molar-refractivity contribution in [3.63, 3.8) is 0 Å². The number of fused-ring (bicyclic) bond motifs is 1. The van der Waals surface area contributed by atoms with Crippen molar-refractivity contribution >= 4 is 28.6 Å². The first kappa shape index (κ1) is 16.9. The van der Waals surface area contributed by atoms with Crippen LogP contribution in [0.15, 0.2) is 58.5 Å². The Morgan fingerprint density at radius 1 is 1.15 bits per heavy atom. The third-order valence-corrected chi connectivity index (χ3v) is 4.40. The number of hydrazone groups is 1. The Balaban J connectivity index is 1.67. The molecule has 0 saturated carbocycles. The first-order valence-corrected chi connectivity index (χ1v) is 8.47. The van der Waals surface area contributed by atoms with E-state index in [9.17, 15) is 9.59 Å². The topological polar surface area (TPSA) is 109 Å². The molecular weight excluding hydrogens is 348 g/mol. The van der Waals surface area contributed by atoms with Crippen LogP contribution in [0.5, 0.6) is 0 Å². The van der Waals surface area contributed by atoms with E-state index in [0.29, 0.717) is 17.9 Å². The molecule has 1 N–H and O–H groups in total. The lowest BCUT2D eigenvalue weighted by Gasteiger charge is -2.22. The van der Waals surface area contributed by atoms with E-state index < -0.39 is 5.97 Å². The number of benzene rings is 1. The van der Waals surface area contributed by atoms with E-state index in [1.54, 1.807) is 30.8 Å². The number of carbonyl (C=O) groups excluding carboxylic acids is 1. The molecule has 1 aliphatic rings. The molecule has 0 spiro atoms. The lowest BCUT2D eigenvalue weighted by atomic mass is 10.00. The Morgan fingerprint density at radius 2 is 1.96 bits per heavy atom. The average Bonchev–Trinajstić information content (AvgIpc) is 3.35. The van der Waals surface area contributed by atoms with E-state index >= 15 is 0 Å². The number of carboxylic acids is 1. The molecule has 3 aromatic rings. The third kappa shape index (κ3) is 3.41. The Hall–Kier alpha value is -3.55. The predicted molar refractivity (Wildman–Crippen MR) is 95.9 cm³/mol. The number of aromatic nitrogens is 2. The fourth-order valence-corrected chi connectivity index (χ4v) is 3.11. The van der Waals surface area contributed by atoms with Gasteiger partial charge in [0.15, 0.2) is 0 Å². The van der Waals surface area contributed by atoms with Gasteiger partial charge in [-0.05, 0) is 29.8 Å². The van der Waals surface area contributed by atoms with Crippen LogP contribution in [0.3, 0.4) is 0 Å². The molecule has 0 aliphatic carbocycles. The van der Waals surface area contributed by atoms with E-state index in [1.807, 2.05) is 18.2 Å². The molecule has 2 aromatic heterocycles. The average molecular weight is 364 g/mol. The molecule has 1 aromatic carbocycles. The van der Waals surface area contributed by atoms with Crippen molar-refractivity contribution in [1.82, 2.24) is 15.0 Å². The molecule has 1 amide bonds. The largest absolute Gasteiger partial charge is 0.481 e. The second-order valence-electron chi connectivity index (χ2n) is 6.18. The van der Waals surface area contributed by atoms with E-state index in [0.717, 1.165) is 16.6 Å². The van der Waals surface area contributed by atoms with Crippen molar-refractivity contribution < 1.29 is 19.1 Å². The minimum absolute atomic E-state index is 0.117. The monoisotopic (exact) mass is 364 g/mol. The molecule has 0 bridgehead atoms. The van der Waals surface area contributed by atoms with E-state index in [1.165, 1.54) is 5.01 Å². The molecule has 0 unspecified atom stereocenters. The fraction of sp³-hybridized carbons (Fsp3) is 0.211. The van der Waals surface area contributed by atoms with Crippen molar-refractivity contribution in [2.75, 3.05) is 0 Å². The first-order valence-electron chi connectivity index (χ1n) is 8.47. The highest BCUT2D eigenvalue weighted by Crippen LogP contribution is 2.34. The van der Waals surface area contributed by atoms with Crippen LogP contribution in [0, 0.1) is 0 Å². The van der Waals surface area contributed by atoms with Crippen LogP contribution in [0.4, 0.5) is 0 Å². The first-order chi connectivity index (χ1) is 13.1. The summed E-state index contributed by atoms with van der Waals surface area (Å²) >= 11 is 0. The van der Waals surface area contributed by atoms with Gasteiger partial charge in [-0.2, -0.15) is 5.10 Å². The number of amides is 1. The van der Waals surface area contributed by atoms with Crippen LogP contribution in [-0.4, -0.2) is 37.7 Å². The van der Waals surface area contributed by atoms with Gasteiger partial charge in [0, 0.05) is 25.2 Å². The summed E-state index contributed by atoms with van der Waals surface area (Å²) in [5.41, 5.74) is 2.99. The van der Waals surface area contributed by atoms with Crippen molar-refractivity contribution in [3.05, 3.63) is 60.3 Å². The second kappa shape index (κ2) is 6.99. The summed E-state index contributed by atoms with van der Waals surface area (Å²) in [5.74, 6) is -0.771. The van der Waals surface area contributed by atoms with Gasteiger partial charge in [-0.25, -0.2) is 5.01 Å². The molecular formula is C19H16N4O4. The number of carboxylic acid groups (broad SMARTS) is 1. The maximum atomic E-state index is 12.6. The molecule has 1 aliphatic heterocycles. The predicted octanol–water partition coefficient (Wildman–Crippen LogP) is 2.77. The zero-order valence-electron chi connectivity index (χ0n) is 14.3. The summed E-state index contributed by atoms with van der Waals surface area (Å²) < 4.78 is 5.41. The van der Waals surface area contributed by atoms with Crippen molar-refractivity contribution in [1.29, 1.82) is 0 Å². The Labute approximate surface area is 154 Å². The van der Waals surface area contributed by atoms with E-state index in [2.05, 4.69) is 15.1 Å². The fourth-order valence-electron chi connectivity index (χ4n) is 3.11. The molecule has 0 saturated heterocycles. The third-order valence-electron chi connectivity index (χ3n) is 4.40. The Morgan fingerprint density at radius 3 is 2.70 bits per heavy atom. The quantitative estimate of drug-likeness (QED) is 0.745. The molecule has 3 heterocycles. The van der Waals surface area contributed by atoms with Crippen LogP contribution in [-0.2, 0) is 9.59 Å². The summed E-state index contributed by atoms with van der Waals surface area (Å²) in [6.45, 7) is 0. The van der Waals surface area contributed by atoms with Gasteiger partial charge in [-0.15, -0.1) is 0 Å². The van der Waals surface area contributed by atoms with Gasteiger partial charge < -0.3 is 9.52 Å². The van der Waals surface area contributed by atoms with Gasteiger partial charge in [0.25, 0.3) is 0 Å². The highest BCUT2D eigenvalue weighted by Gasteiger charge is 2.34. The van der Waals surface area contributed by atoms with Gasteiger partial charge >= 0.3 is 5.97 Å². The van der Waals surface area contributed by atoms with Gasteiger partial charge in [-0.3, -0.25) is 19.6 Å². The molecule has 27 heavy (non-hydrogen) atoms. The number of furan rings is 1. The van der Waals surface area contributed by atoms with Crippen molar-refractivity contribution in [2.24, 2.45) is 5.10 Å². The number of carbonyl (C=O) groups is 2. The lowest BCUT2D eigenvalue weighted by Crippen LogP contribution is -2.27. The summed E-state index contributed by atoms with van der Waals surface area (Å²) in [7, 11) is 0. The van der Waals surface area contributed by atoms with Crippen LogP contribution in [0.25, 0.3) is 11.0 Å². The maximum absolute atomic E-state index is 12.6. The summed E-state index contributed by atoms with van der Waals surface area (Å²) in [6.07, 6.45) is 4.90. The maximum Gasteiger partial charge on any atom is 0.303 e. The molecule has 136 valence electrons. The van der Waals surface area contributed by atoms with E-state index in [-0.39, 0.29) is 24.8 Å². The van der Waals surface area contributed by atoms with Crippen LogP contribution < -0.4 is 0 Å². The SMILES string of the molecule is O=C(O)CCC(=O)N1N=C(c2ccco2)C[C@@H]1c1ccc2nccnc2c1. The second-order valence-corrected chi connectivity index (χ2v) is 6.18. The number of rotatable bonds is 5. The molecule has 1 atom stereocenters. The smallest absolute Gasteiger partial charge is 0.303 e. The minimum atomic E-state index is -1.02. The highest BCUT2D eigenvalue weighted by atomic mass is 16.4. The van der Waals surface area contributed by atoms with Gasteiger partial charge in [-0.1, -0.05) is 6.07 Å². The summed E-state index contributed by atoms with van der Waals surface area (Å²) in [6, 6.07) is 8.81. The molecule has 4 rings (SSSR count). The number of hydrogen-bond acceptors (Lipinski definition) is 6. The van der Waals surface area contributed by atoms with Gasteiger partial charge in [0.1, 0.15) is 11.5 Å². The summed E-state index contributed by atoms with van der Waals surface area (Å²) in [5, 5.41) is 14.7. The standard InChI is InChI=1S/C19H16N4O4/c24-18(5-6-19(25)26)23-16(11-15(22-23)17-2-1-9-27-17)12-3-4-13-14(10-12)21-8-7-20-13/h1-4,7-10,16H,5-6,11H2,(H,25,26)/t16-/m1/s1. The van der Waals surface area contributed by atoms with E-state index in [4.69, 9.17) is 9.52 Å². The Bertz CT molecular complexity index is 1030. The minimum Gasteiger partial charge on any atom is -0.481 e. The van der Waals surface area contributed by atoms with Gasteiger partial charge in [0.2, 0.25) is 5.91 Å². The highest BCUT2D eigenvalue weighted by molar-refractivity contribution is 6.01. The van der Waals surface area contributed by atoms with Crippen molar-refractivity contribution in [3.8, 4) is 0 Å².